The zero-order valence-corrected chi connectivity index (χ0v) is 12.9. The fourth-order valence-corrected chi connectivity index (χ4v) is 3.38. The average molecular weight is 289 g/mol. The number of aryl methyl sites for hydroxylation is 3. The minimum atomic E-state index is 0.850. The van der Waals surface area contributed by atoms with Crippen LogP contribution in [0, 0.1) is 13.8 Å². The number of nitrogens with one attached hydrogen (secondary N) is 1. The summed E-state index contributed by atoms with van der Waals surface area (Å²) in [5, 5.41) is 9.84. The smallest absolute Gasteiger partial charge is 0.194 e. The summed E-state index contributed by atoms with van der Waals surface area (Å²) in [5.74, 6) is 0. The Morgan fingerprint density at radius 1 is 1.35 bits per heavy atom. The van der Waals surface area contributed by atoms with Gasteiger partial charge in [-0.2, -0.15) is 5.10 Å². The van der Waals surface area contributed by atoms with Crippen molar-refractivity contribution in [2.24, 2.45) is 7.05 Å². The Kier molecular flexibility index (Phi) is 3.58. The van der Waals surface area contributed by atoms with Gasteiger partial charge in [0, 0.05) is 49.5 Å². The van der Waals surface area contributed by atoms with Gasteiger partial charge in [0.15, 0.2) is 4.96 Å². The number of rotatable bonds is 5. The lowest BCUT2D eigenvalue weighted by Crippen LogP contribution is -2.19. The summed E-state index contributed by atoms with van der Waals surface area (Å²) in [4.78, 5) is 5.69. The van der Waals surface area contributed by atoms with E-state index in [2.05, 4.69) is 45.1 Å². The molecule has 0 fully saturated rings. The Morgan fingerprint density at radius 2 is 2.20 bits per heavy atom. The highest BCUT2D eigenvalue weighted by Gasteiger charge is 2.11. The van der Waals surface area contributed by atoms with E-state index in [9.17, 15) is 0 Å². The van der Waals surface area contributed by atoms with Crippen molar-refractivity contribution >= 4 is 16.3 Å². The molecule has 3 aromatic heterocycles. The number of imidazole rings is 1. The van der Waals surface area contributed by atoms with Crippen LogP contribution in [0.1, 0.15) is 22.8 Å². The predicted octanol–water partition coefficient (Wildman–Crippen LogP) is 2.08. The Hall–Kier alpha value is -1.66. The summed E-state index contributed by atoms with van der Waals surface area (Å²) in [5.41, 5.74) is 4.89. The number of fused-ring (bicyclic) bond motifs is 1. The van der Waals surface area contributed by atoms with Gasteiger partial charge in [0.2, 0.25) is 0 Å². The molecule has 106 valence electrons. The van der Waals surface area contributed by atoms with Crippen molar-refractivity contribution in [3.05, 3.63) is 40.4 Å². The van der Waals surface area contributed by atoms with Gasteiger partial charge < -0.3 is 5.32 Å². The second-order valence-corrected chi connectivity index (χ2v) is 5.85. The topological polar surface area (TPSA) is 47.1 Å². The zero-order valence-electron chi connectivity index (χ0n) is 12.1. The highest BCUT2D eigenvalue weighted by molar-refractivity contribution is 7.15. The van der Waals surface area contributed by atoms with Gasteiger partial charge in [0.1, 0.15) is 0 Å². The molecule has 0 aliphatic heterocycles. The molecule has 3 aromatic rings. The van der Waals surface area contributed by atoms with E-state index in [1.54, 1.807) is 11.3 Å². The average Bonchev–Trinajstić information content (AvgIpc) is 3.06. The number of hydrogen-bond donors (Lipinski definition) is 1. The lowest BCUT2D eigenvalue weighted by Gasteiger charge is -2.06. The lowest BCUT2D eigenvalue weighted by molar-refractivity contribution is 0.632. The first-order valence-electron chi connectivity index (χ1n) is 6.76. The molecule has 5 nitrogen and oxygen atoms in total. The Bertz CT molecular complexity index is 721. The Morgan fingerprint density at radius 3 is 2.95 bits per heavy atom. The summed E-state index contributed by atoms with van der Waals surface area (Å²) < 4.78 is 4.17. The second-order valence-electron chi connectivity index (χ2n) is 5.01. The molecule has 0 atom stereocenters. The molecule has 0 saturated carbocycles. The van der Waals surface area contributed by atoms with Gasteiger partial charge in [-0.15, -0.1) is 11.3 Å². The van der Waals surface area contributed by atoms with Crippen LogP contribution in [-0.4, -0.2) is 25.7 Å². The van der Waals surface area contributed by atoms with Gasteiger partial charge >= 0.3 is 0 Å². The predicted molar refractivity (Wildman–Crippen MR) is 81.2 cm³/mol. The number of aromatic nitrogens is 4. The minimum absolute atomic E-state index is 0.850. The number of hydrogen-bond acceptors (Lipinski definition) is 4. The van der Waals surface area contributed by atoms with Crippen LogP contribution in [0.25, 0.3) is 4.96 Å². The van der Waals surface area contributed by atoms with E-state index in [4.69, 9.17) is 0 Å². The zero-order chi connectivity index (χ0) is 14.1. The van der Waals surface area contributed by atoms with E-state index in [0.29, 0.717) is 0 Å². The standard InChI is InChI=1S/C14H19N5S/c1-10-9-20-14-17-11(2)13(19(10)14)8-15-6-4-12-5-7-16-18(12)3/h5,7,9,15H,4,6,8H2,1-3H3. The summed E-state index contributed by atoms with van der Waals surface area (Å²) >= 11 is 1.70. The van der Waals surface area contributed by atoms with Gasteiger partial charge in [-0.3, -0.25) is 9.08 Å². The molecule has 20 heavy (non-hydrogen) atoms. The molecule has 0 spiro atoms. The van der Waals surface area contributed by atoms with Crippen LogP contribution in [0.15, 0.2) is 17.6 Å². The minimum Gasteiger partial charge on any atom is -0.311 e. The fourth-order valence-electron chi connectivity index (χ4n) is 2.45. The molecule has 0 aliphatic rings. The summed E-state index contributed by atoms with van der Waals surface area (Å²) in [6.07, 6.45) is 2.83. The number of thiazole rings is 1. The van der Waals surface area contributed by atoms with Crippen LogP contribution in [0.5, 0.6) is 0 Å². The third kappa shape index (κ3) is 2.36. The molecule has 3 rings (SSSR count). The van der Waals surface area contributed by atoms with Crippen molar-refractivity contribution in [1.29, 1.82) is 0 Å². The molecule has 0 saturated heterocycles. The van der Waals surface area contributed by atoms with Crippen LogP contribution < -0.4 is 5.32 Å². The van der Waals surface area contributed by atoms with Gasteiger partial charge in [0.05, 0.1) is 11.4 Å². The van der Waals surface area contributed by atoms with Crippen LogP contribution in [0.4, 0.5) is 0 Å². The van der Waals surface area contributed by atoms with Gasteiger partial charge in [-0.05, 0) is 19.9 Å². The maximum Gasteiger partial charge on any atom is 0.194 e. The summed E-state index contributed by atoms with van der Waals surface area (Å²) in [6.45, 7) is 6.00. The first kappa shape index (κ1) is 13.3. The molecule has 0 aliphatic carbocycles. The molecule has 1 N–H and O–H groups in total. The second kappa shape index (κ2) is 5.38. The Labute approximate surface area is 122 Å². The van der Waals surface area contributed by atoms with Crippen LogP contribution in [0.2, 0.25) is 0 Å². The van der Waals surface area contributed by atoms with Crippen molar-refractivity contribution in [2.45, 2.75) is 26.8 Å². The molecule has 0 radical (unpaired) electrons. The van der Waals surface area contributed by atoms with E-state index >= 15 is 0 Å². The first-order valence-corrected chi connectivity index (χ1v) is 7.64. The normalized spacial score (nSPS) is 11.6. The molecule has 6 heteroatoms. The van der Waals surface area contributed by atoms with Crippen LogP contribution in [-0.2, 0) is 20.0 Å². The summed E-state index contributed by atoms with van der Waals surface area (Å²) in [6, 6.07) is 2.06. The quantitative estimate of drug-likeness (QED) is 0.732. The van der Waals surface area contributed by atoms with E-state index < -0.39 is 0 Å². The fraction of sp³-hybridized carbons (Fsp3) is 0.429. The maximum absolute atomic E-state index is 4.60. The third-order valence-electron chi connectivity index (χ3n) is 3.60. The van der Waals surface area contributed by atoms with Crippen molar-refractivity contribution < 1.29 is 0 Å². The molecular weight excluding hydrogens is 270 g/mol. The van der Waals surface area contributed by atoms with E-state index in [-0.39, 0.29) is 0 Å². The van der Waals surface area contributed by atoms with Crippen LogP contribution in [0.3, 0.4) is 0 Å². The van der Waals surface area contributed by atoms with Crippen molar-refractivity contribution in [2.75, 3.05) is 6.54 Å². The molecule has 0 unspecified atom stereocenters. The van der Waals surface area contributed by atoms with Crippen molar-refractivity contribution in [1.82, 2.24) is 24.5 Å². The largest absolute Gasteiger partial charge is 0.311 e. The lowest BCUT2D eigenvalue weighted by atomic mass is 10.3. The SMILES string of the molecule is Cc1nc2scc(C)n2c1CNCCc1ccnn1C. The molecule has 0 aromatic carbocycles. The van der Waals surface area contributed by atoms with Crippen molar-refractivity contribution in [3.63, 3.8) is 0 Å². The van der Waals surface area contributed by atoms with Gasteiger partial charge in [0.25, 0.3) is 0 Å². The van der Waals surface area contributed by atoms with Gasteiger partial charge in [-0.25, -0.2) is 4.98 Å². The maximum atomic E-state index is 4.60. The number of nitrogens with zero attached hydrogens (tertiary/aromatic N) is 4. The summed E-state index contributed by atoms with van der Waals surface area (Å²) in [7, 11) is 1.98. The van der Waals surface area contributed by atoms with E-state index in [1.165, 1.54) is 17.1 Å². The molecular formula is C14H19N5S. The molecule has 0 amide bonds. The monoisotopic (exact) mass is 289 g/mol. The van der Waals surface area contributed by atoms with E-state index in [1.807, 2.05) is 17.9 Å². The first-order chi connectivity index (χ1) is 9.66. The third-order valence-corrected chi connectivity index (χ3v) is 4.55. The Balaban J connectivity index is 1.64. The van der Waals surface area contributed by atoms with Gasteiger partial charge in [-0.1, -0.05) is 0 Å². The van der Waals surface area contributed by atoms with Crippen molar-refractivity contribution in [3.8, 4) is 0 Å². The molecule has 0 bridgehead atoms. The van der Waals surface area contributed by atoms with E-state index in [0.717, 1.165) is 30.2 Å². The molecule has 3 heterocycles. The highest BCUT2D eigenvalue weighted by Crippen LogP contribution is 2.20. The van der Waals surface area contributed by atoms with Crippen LogP contribution >= 0.6 is 11.3 Å². The highest BCUT2D eigenvalue weighted by atomic mass is 32.1.